The molecule has 3 aromatic rings. The number of nitrogens with zero attached hydrogens (tertiary/aromatic N) is 4. The van der Waals surface area contributed by atoms with Gasteiger partial charge in [-0.1, -0.05) is 36.4 Å². The fourth-order valence-corrected chi connectivity index (χ4v) is 6.56. The van der Waals surface area contributed by atoms with Gasteiger partial charge in [0.2, 0.25) is 0 Å². The number of hydrogen-bond donors (Lipinski definition) is 1. The summed E-state index contributed by atoms with van der Waals surface area (Å²) in [5, 5.41) is 11.3. The maximum atomic E-state index is 13.4. The molecular formula is C29H31F3N4O3. The number of aryl methyl sites for hydroxylation is 1. The molecule has 2 unspecified atom stereocenters. The number of rotatable bonds is 8. The van der Waals surface area contributed by atoms with Crippen LogP contribution in [0.25, 0.3) is 0 Å². The van der Waals surface area contributed by atoms with E-state index in [0.29, 0.717) is 54.9 Å². The number of benzene rings is 2. The van der Waals surface area contributed by atoms with E-state index in [9.17, 15) is 23.1 Å². The highest BCUT2D eigenvalue weighted by Gasteiger charge is 2.57. The average Bonchev–Trinajstić information content (AvgIpc) is 3.24. The van der Waals surface area contributed by atoms with Gasteiger partial charge in [-0.25, -0.2) is 4.98 Å². The highest BCUT2D eigenvalue weighted by Crippen LogP contribution is 2.52. The maximum absolute atomic E-state index is 13.4. The molecule has 1 aliphatic heterocycles. The number of fused-ring (bicyclic) bond motifs is 2. The van der Waals surface area contributed by atoms with E-state index >= 15 is 0 Å². The van der Waals surface area contributed by atoms with Crippen molar-refractivity contribution >= 4 is 5.91 Å². The lowest BCUT2D eigenvalue weighted by Crippen LogP contribution is -2.44. The summed E-state index contributed by atoms with van der Waals surface area (Å²) in [7, 11) is 1.78. The van der Waals surface area contributed by atoms with E-state index in [1.165, 1.54) is 29.3 Å². The summed E-state index contributed by atoms with van der Waals surface area (Å²) in [4.78, 5) is 21.6. The molecule has 2 atom stereocenters. The van der Waals surface area contributed by atoms with Crippen LogP contribution in [0.2, 0.25) is 0 Å². The third-order valence-corrected chi connectivity index (χ3v) is 8.27. The van der Waals surface area contributed by atoms with Gasteiger partial charge in [0.25, 0.3) is 5.91 Å². The number of aromatic nitrogens is 2. The molecule has 1 N–H and O–H groups in total. The number of halogens is 3. The molecule has 7 nitrogen and oxygen atoms in total. The van der Waals surface area contributed by atoms with Gasteiger partial charge in [0.15, 0.2) is 0 Å². The summed E-state index contributed by atoms with van der Waals surface area (Å²) >= 11 is 0. The lowest BCUT2D eigenvalue weighted by atomic mass is 9.99. The van der Waals surface area contributed by atoms with Crippen LogP contribution in [-0.4, -0.2) is 68.5 Å². The Morgan fingerprint density at radius 3 is 2.44 bits per heavy atom. The maximum Gasteiger partial charge on any atom is 0.573 e. The van der Waals surface area contributed by atoms with Gasteiger partial charge in [-0.2, -0.15) is 0 Å². The van der Waals surface area contributed by atoms with Crippen molar-refractivity contribution in [2.75, 3.05) is 26.2 Å². The largest absolute Gasteiger partial charge is 0.573 e. The monoisotopic (exact) mass is 540 g/mol. The summed E-state index contributed by atoms with van der Waals surface area (Å²) < 4.78 is 44.0. The van der Waals surface area contributed by atoms with E-state index in [4.69, 9.17) is 0 Å². The molecule has 1 saturated carbocycles. The average molecular weight is 541 g/mol. The minimum atomic E-state index is -4.78. The van der Waals surface area contributed by atoms with E-state index in [0.717, 1.165) is 13.1 Å². The predicted octanol–water partition coefficient (Wildman–Crippen LogP) is 3.67. The third kappa shape index (κ3) is 5.67. The summed E-state index contributed by atoms with van der Waals surface area (Å²) in [5.41, 5.74) is 2.54. The van der Waals surface area contributed by atoms with Gasteiger partial charge >= 0.3 is 6.36 Å². The van der Waals surface area contributed by atoms with Gasteiger partial charge in [0.1, 0.15) is 11.4 Å². The summed E-state index contributed by atoms with van der Waals surface area (Å²) in [6.07, 6.45) is -0.245. The van der Waals surface area contributed by atoms with Crippen LogP contribution in [-0.2, 0) is 26.4 Å². The van der Waals surface area contributed by atoms with Crippen molar-refractivity contribution in [2.45, 2.75) is 31.3 Å². The van der Waals surface area contributed by atoms with Crippen molar-refractivity contribution < 1.29 is 27.8 Å². The number of β-amino-alcohol motifs (C(OH)–C–C–N with tert-alkyl or cyclic N) is 1. The van der Waals surface area contributed by atoms with Crippen molar-refractivity contribution in [2.24, 2.45) is 24.8 Å². The number of aliphatic hydroxyl groups is 1. The molecule has 0 radical (unpaired) electrons. The molecule has 1 amide bonds. The number of carbonyl (C=O) groups is 1. The van der Waals surface area contributed by atoms with Crippen LogP contribution in [0.5, 0.6) is 5.75 Å². The van der Waals surface area contributed by atoms with E-state index in [2.05, 4.69) is 26.8 Å². The second-order valence-corrected chi connectivity index (χ2v) is 11.3. The SMILES string of the molecule is Cn1cnc(C(=O)N(Cc2cccc(OC(F)(F)F)c2)CC2C3CN(CC4(O)Cc5ccccc5C4)CC32)c1. The number of likely N-dealkylation sites (tertiary alicyclic amines) is 1. The number of imidazole rings is 1. The van der Waals surface area contributed by atoms with Gasteiger partial charge in [-0.15, -0.1) is 13.2 Å². The first kappa shape index (κ1) is 25.9. The summed E-state index contributed by atoms with van der Waals surface area (Å²) in [5.74, 6) is 0.598. The van der Waals surface area contributed by atoms with Crippen molar-refractivity contribution in [3.8, 4) is 5.75 Å². The zero-order chi connectivity index (χ0) is 27.4. The highest BCUT2D eigenvalue weighted by molar-refractivity contribution is 5.92. The van der Waals surface area contributed by atoms with Crippen LogP contribution in [0.1, 0.15) is 27.2 Å². The molecule has 39 heavy (non-hydrogen) atoms. The summed E-state index contributed by atoms with van der Waals surface area (Å²) in [6.45, 7) is 3.02. The van der Waals surface area contributed by atoms with E-state index in [-0.39, 0.29) is 18.2 Å². The Kier molecular flexibility index (Phi) is 6.42. The molecule has 206 valence electrons. The number of amides is 1. The van der Waals surface area contributed by atoms with Crippen molar-refractivity contribution in [1.29, 1.82) is 0 Å². The molecule has 2 aromatic carbocycles. The van der Waals surface area contributed by atoms with Gasteiger partial charge in [-0.05, 0) is 46.6 Å². The smallest absolute Gasteiger partial charge is 0.406 e. The Morgan fingerprint density at radius 2 is 1.82 bits per heavy atom. The number of alkyl halides is 3. The molecule has 2 fully saturated rings. The highest BCUT2D eigenvalue weighted by atomic mass is 19.4. The fraction of sp³-hybridized carbons (Fsp3) is 0.448. The zero-order valence-electron chi connectivity index (χ0n) is 21.6. The lowest BCUT2D eigenvalue weighted by Gasteiger charge is -2.30. The number of piperidine rings is 1. The van der Waals surface area contributed by atoms with Crippen LogP contribution >= 0.6 is 0 Å². The Balaban J connectivity index is 1.10. The fourth-order valence-electron chi connectivity index (χ4n) is 6.56. The molecular weight excluding hydrogens is 509 g/mol. The Bertz CT molecular complexity index is 1340. The molecule has 2 heterocycles. The van der Waals surface area contributed by atoms with Crippen molar-refractivity contribution in [3.63, 3.8) is 0 Å². The molecule has 0 bridgehead atoms. The molecule has 2 aliphatic carbocycles. The first-order valence-corrected chi connectivity index (χ1v) is 13.2. The molecule has 3 aliphatic rings. The molecule has 0 spiro atoms. The number of ether oxygens (including phenoxy) is 1. The molecule has 1 aromatic heterocycles. The second-order valence-electron chi connectivity index (χ2n) is 11.3. The quantitative estimate of drug-likeness (QED) is 0.472. The topological polar surface area (TPSA) is 70.8 Å². The van der Waals surface area contributed by atoms with Crippen LogP contribution < -0.4 is 4.74 Å². The van der Waals surface area contributed by atoms with Gasteiger partial charge in [0, 0.05) is 58.8 Å². The van der Waals surface area contributed by atoms with Gasteiger partial charge in [-0.3, -0.25) is 9.69 Å². The van der Waals surface area contributed by atoms with Crippen LogP contribution in [0.3, 0.4) is 0 Å². The predicted molar refractivity (Wildman–Crippen MR) is 137 cm³/mol. The number of hydrogen-bond acceptors (Lipinski definition) is 5. The third-order valence-electron chi connectivity index (χ3n) is 8.27. The van der Waals surface area contributed by atoms with Gasteiger partial charge in [0.05, 0.1) is 11.9 Å². The molecule has 10 heteroatoms. The molecule has 1 saturated heterocycles. The first-order chi connectivity index (χ1) is 18.6. The second kappa shape index (κ2) is 9.67. The van der Waals surface area contributed by atoms with Gasteiger partial charge < -0.3 is 19.3 Å². The van der Waals surface area contributed by atoms with E-state index in [1.807, 2.05) is 12.1 Å². The van der Waals surface area contributed by atoms with Crippen LogP contribution in [0.4, 0.5) is 13.2 Å². The normalized spacial score (nSPS) is 23.4. The standard InChI is InChI=1S/C29H31F3N4O3/c1-34-16-26(33-18-34)27(37)36(12-19-5-4-8-22(9-19)39-29(30,31)32)15-25-23-13-35(14-24(23)25)17-28(38)10-20-6-2-3-7-21(20)11-28/h2-9,16,18,23-25,38H,10-15,17H2,1H3. The van der Waals surface area contributed by atoms with E-state index < -0.39 is 12.0 Å². The number of carbonyl (C=O) groups excluding carboxylic acids is 1. The van der Waals surface area contributed by atoms with Crippen LogP contribution in [0, 0.1) is 17.8 Å². The summed E-state index contributed by atoms with van der Waals surface area (Å²) in [6, 6.07) is 14.0. The van der Waals surface area contributed by atoms with Crippen molar-refractivity contribution in [3.05, 3.63) is 83.4 Å². The first-order valence-electron chi connectivity index (χ1n) is 13.2. The zero-order valence-corrected chi connectivity index (χ0v) is 21.6. The minimum Gasteiger partial charge on any atom is -0.406 e. The molecule has 6 rings (SSSR count). The van der Waals surface area contributed by atoms with Crippen LogP contribution in [0.15, 0.2) is 61.1 Å². The van der Waals surface area contributed by atoms with Crippen molar-refractivity contribution in [1.82, 2.24) is 19.4 Å². The lowest BCUT2D eigenvalue weighted by molar-refractivity contribution is -0.274. The van der Waals surface area contributed by atoms with E-state index in [1.54, 1.807) is 35.1 Å². The Morgan fingerprint density at radius 1 is 1.13 bits per heavy atom. The Labute approximate surface area is 224 Å². The minimum absolute atomic E-state index is 0.155. The Hall–Kier alpha value is -3.37.